The van der Waals surface area contributed by atoms with E-state index in [1.165, 1.54) is 15.9 Å². The average molecular weight is 503 g/mol. The summed E-state index contributed by atoms with van der Waals surface area (Å²) in [6.07, 6.45) is 8.83. The second kappa shape index (κ2) is 13.8. The normalized spacial score (nSPS) is 10.9. The lowest BCUT2D eigenvalue weighted by Crippen LogP contribution is -3.00. The van der Waals surface area contributed by atoms with E-state index in [9.17, 15) is 4.79 Å². The quantitative estimate of drug-likeness (QED) is 0.253. The Bertz CT molecular complexity index is 1050. The van der Waals surface area contributed by atoms with Crippen LogP contribution >= 0.6 is 7.26 Å². The Morgan fingerprint density at radius 3 is 1.66 bits per heavy atom. The van der Waals surface area contributed by atoms with Crippen molar-refractivity contribution < 1.29 is 17.2 Å². The van der Waals surface area contributed by atoms with Crippen molar-refractivity contribution in [2.45, 2.75) is 25.7 Å². The molecule has 1 amide bonds. The van der Waals surface area contributed by atoms with Gasteiger partial charge in [-0.15, -0.1) is 0 Å². The van der Waals surface area contributed by atoms with Crippen molar-refractivity contribution in [2.24, 2.45) is 0 Å². The Balaban J connectivity index is 0.00000342. The molecule has 3 aromatic carbocycles. The van der Waals surface area contributed by atoms with Gasteiger partial charge in [-0.1, -0.05) is 61.0 Å². The van der Waals surface area contributed by atoms with Crippen LogP contribution in [0.5, 0.6) is 0 Å². The number of benzene rings is 3. The number of nitrogens with one attached hydrogen (secondary N) is 1. The number of rotatable bonds is 11. The fourth-order valence-electron chi connectivity index (χ4n) is 4.51. The van der Waals surface area contributed by atoms with Crippen LogP contribution in [-0.4, -0.2) is 23.6 Å². The smallest absolute Gasteiger partial charge is 0.252 e. The van der Waals surface area contributed by atoms with Gasteiger partial charge in [0.1, 0.15) is 23.2 Å². The zero-order valence-electron chi connectivity index (χ0n) is 19.9. The minimum absolute atomic E-state index is 0. The molecular weight excluding hydrogens is 471 g/mol. The lowest BCUT2D eigenvalue weighted by Gasteiger charge is -2.27. The van der Waals surface area contributed by atoms with E-state index in [0.29, 0.717) is 12.1 Å². The minimum atomic E-state index is -1.74. The zero-order chi connectivity index (χ0) is 23.5. The van der Waals surface area contributed by atoms with Gasteiger partial charge >= 0.3 is 0 Å². The van der Waals surface area contributed by atoms with Crippen molar-refractivity contribution in [3.05, 3.63) is 121 Å². The molecule has 3 nitrogen and oxygen atoms in total. The molecule has 0 saturated heterocycles. The number of nitrogens with zero attached hydrogens (tertiary/aromatic N) is 1. The van der Waals surface area contributed by atoms with Crippen molar-refractivity contribution in [1.82, 2.24) is 10.3 Å². The van der Waals surface area contributed by atoms with Crippen molar-refractivity contribution in [3.8, 4) is 0 Å². The molecule has 180 valence electrons. The van der Waals surface area contributed by atoms with Gasteiger partial charge < -0.3 is 17.7 Å². The van der Waals surface area contributed by atoms with Crippen LogP contribution in [0.1, 0.15) is 36.0 Å². The molecule has 5 heteroatoms. The van der Waals surface area contributed by atoms with Gasteiger partial charge in [-0.2, -0.15) is 0 Å². The van der Waals surface area contributed by atoms with E-state index >= 15 is 0 Å². The number of halogens is 1. The van der Waals surface area contributed by atoms with Gasteiger partial charge in [0.2, 0.25) is 0 Å². The first-order valence-corrected chi connectivity index (χ1v) is 14.0. The van der Waals surface area contributed by atoms with Crippen LogP contribution in [-0.2, 0) is 0 Å². The highest BCUT2D eigenvalue weighted by molar-refractivity contribution is 7.95. The van der Waals surface area contributed by atoms with Gasteiger partial charge in [0, 0.05) is 18.9 Å². The van der Waals surface area contributed by atoms with Crippen LogP contribution < -0.4 is 33.6 Å². The molecule has 1 heterocycles. The predicted molar refractivity (Wildman–Crippen MR) is 145 cm³/mol. The second-order valence-corrected chi connectivity index (χ2v) is 12.1. The van der Waals surface area contributed by atoms with Gasteiger partial charge in [0.25, 0.3) is 5.91 Å². The highest BCUT2D eigenvalue weighted by Crippen LogP contribution is 2.55. The first kappa shape index (κ1) is 26.6. The van der Waals surface area contributed by atoms with Crippen molar-refractivity contribution in [3.63, 3.8) is 0 Å². The van der Waals surface area contributed by atoms with E-state index in [1.54, 1.807) is 24.5 Å². The Morgan fingerprint density at radius 1 is 0.657 bits per heavy atom. The molecule has 4 rings (SSSR count). The molecule has 0 spiro atoms. The molecule has 4 aromatic rings. The molecular formula is C30H32ClN2OP. The number of hydrogen-bond donors (Lipinski definition) is 1. The number of carbonyl (C=O) groups is 1. The summed E-state index contributed by atoms with van der Waals surface area (Å²) in [6, 6.07) is 36.7. The summed E-state index contributed by atoms with van der Waals surface area (Å²) in [6.45, 7) is 0.698. The Hall–Kier alpha value is -3.00. The molecule has 0 aliphatic rings. The van der Waals surface area contributed by atoms with Gasteiger partial charge in [0.05, 0.1) is 11.7 Å². The highest BCUT2D eigenvalue weighted by Gasteiger charge is 2.44. The van der Waals surface area contributed by atoms with E-state index in [4.69, 9.17) is 0 Å². The number of amides is 1. The van der Waals surface area contributed by atoms with Crippen molar-refractivity contribution in [1.29, 1.82) is 0 Å². The molecule has 0 saturated carbocycles. The van der Waals surface area contributed by atoms with Gasteiger partial charge in [-0.3, -0.25) is 9.78 Å². The SMILES string of the molecule is O=C(NCCCCCC[P+](c1ccccc1)(c1ccccc1)c1ccccc1)c1cccnc1.[Cl-]. The van der Waals surface area contributed by atoms with Crippen LogP contribution in [0, 0.1) is 0 Å². The monoisotopic (exact) mass is 502 g/mol. The average Bonchev–Trinajstić information content (AvgIpc) is 2.92. The fourth-order valence-corrected chi connectivity index (χ4v) is 8.92. The largest absolute Gasteiger partial charge is 1.00 e. The minimum Gasteiger partial charge on any atom is -1.00 e. The number of carbonyl (C=O) groups excluding carboxylic acids is 1. The number of unbranched alkanes of at least 4 members (excludes halogenated alkanes) is 3. The summed E-state index contributed by atoms with van der Waals surface area (Å²) in [5, 5.41) is 7.33. The third-order valence-electron chi connectivity index (χ3n) is 6.22. The van der Waals surface area contributed by atoms with Crippen LogP contribution in [0.2, 0.25) is 0 Å². The van der Waals surface area contributed by atoms with Gasteiger partial charge in [0.15, 0.2) is 0 Å². The summed E-state index contributed by atoms with van der Waals surface area (Å²) in [7, 11) is -1.74. The maximum absolute atomic E-state index is 12.2. The zero-order valence-corrected chi connectivity index (χ0v) is 21.5. The fraction of sp³-hybridized carbons (Fsp3) is 0.200. The highest BCUT2D eigenvalue weighted by atomic mass is 35.5. The van der Waals surface area contributed by atoms with E-state index in [0.717, 1.165) is 31.8 Å². The Kier molecular flexibility index (Phi) is 10.5. The Labute approximate surface area is 215 Å². The molecule has 0 bridgehead atoms. The van der Waals surface area contributed by atoms with Gasteiger partial charge in [-0.05, 0) is 67.8 Å². The molecule has 0 unspecified atom stereocenters. The number of aromatic nitrogens is 1. The summed E-state index contributed by atoms with van der Waals surface area (Å²) < 4.78 is 0. The van der Waals surface area contributed by atoms with E-state index in [1.807, 2.05) is 0 Å². The van der Waals surface area contributed by atoms with Crippen LogP contribution in [0.3, 0.4) is 0 Å². The standard InChI is InChI=1S/C30H31N2OP.ClH/c33-30(26-15-14-22-31-25-26)32-23-12-1-2-13-24-34(27-16-6-3-7-17-27,28-18-8-4-9-19-28)29-20-10-5-11-21-29;/h3-11,14-22,25H,1-2,12-13,23-24H2;1H. The predicted octanol–water partition coefficient (Wildman–Crippen LogP) is 2.37. The first-order chi connectivity index (χ1) is 16.8. The van der Waals surface area contributed by atoms with E-state index < -0.39 is 7.26 Å². The molecule has 0 atom stereocenters. The Morgan fingerprint density at radius 2 is 1.17 bits per heavy atom. The van der Waals surface area contributed by atoms with Crippen LogP contribution in [0.4, 0.5) is 0 Å². The second-order valence-electron chi connectivity index (χ2n) is 8.45. The summed E-state index contributed by atoms with van der Waals surface area (Å²) in [5.74, 6) is -0.0460. The van der Waals surface area contributed by atoms with Gasteiger partial charge in [-0.25, -0.2) is 0 Å². The summed E-state index contributed by atoms with van der Waals surface area (Å²) in [5.41, 5.74) is 0.616. The van der Waals surface area contributed by atoms with Crippen molar-refractivity contribution in [2.75, 3.05) is 12.7 Å². The van der Waals surface area contributed by atoms with E-state index in [2.05, 4.69) is 101 Å². The summed E-state index contributed by atoms with van der Waals surface area (Å²) >= 11 is 0. The first-order valence-electron chi connectivity index (χ1n) is 12.0. The molecule has 0 aliphatic carbocycles. The third-order valence-corrected chi connectivity index (χ3v) is 10.7. The maximum atomic E-state index is 12.2. The third kappa shape index (κ3) is 6.78. The van der Waals surface area contributed by atoms with Crippen molar-refractivity contribution >= 4 is 29.1 Å². The molecule has 35 heavy (non-hydrogen) atoms. The van der Waals surface area contributed by atoms with Crippen LogP contribution in [0.15, 0.2) is 116 Å². The van der Waals surface area contributed by atoms with E-state index in [-0.39, 0.29) is 18.3 Å². The molecule has 0 radical (unpaired) electrons. The topological polar surface area (TPSA) is 42.0 Å². The number of pyridine rings is 1. The molecule has 1 aromatic heterocycles. The maximum Gasteiger partial charge on any atom is 0.252 e. The molecule has 0 fully saturated rings. The number of hydrogen-bond acceptors (Lipinski definition) is 2. The lowest BCUT2D eigenvalue weighted by molar-refractivity contribution is -0.0000151. The summed E-state index contributed by atoms with van der Waals surface area (Å²) in [4.78, 5) is 16.2. The lowest BCUT2D eigenvalue weighted by atomic mass is 10.2. The van der Waals surface area contributed by atoms with Crippen LogP contribution in [0.25, 0.3) is 0 Å². The molecule has 1 N–H and O–H groups in total. The molecule has 0 aliphatic heterocycles.